The summed E-state index contributed by atoms with van der Waals surface area (Å²) in [5.41, 5.74) is 2.12. The Morgan fingerprint density at radius 3 is 2.61 bits per heavy atom. The monoisotopic (exact) mass is 394 g/mol. The summed E-state index contributed by atoms with van der Waals surface area (Å²) < 4.78 is 10.6. The number of amides is 2. The van der Waals surface area contributed by atoms with Crippen LogP contribution in [0, 0.1) is 0 Å². The van der Waals surface area contributed by atoms with Crippen LogP contribution in [0.15, 0.2) is 75.9 Å². The second kappa shape index (κ2) is 7.98. The van der Waals surface area contributed by atoms with E-state index >= 15 is 0 Å². The quantitative estimate of drug-likeness (QED) is 0.484. The predicted octanol–water partition coefficient (Wildman–Crippen LogP) is 5.22. The summed E-state index contributed by atoms with van der Waals surface area (Å²) in [6.07, 6.45) is 1.91. The van der Waals surface area contributed by atoms with E-state index in [4.69, 9.17) is 20.5 Å². The van der Waals surface area contributed by atoms with Gasteiger partial charge in [-0.3, -0.25) is 0 Å². The zero-order chi connectivity index (χ0) is 19.3. The summed E-state index contributed by atoms with van der Waals surface area (Å²) >= 11 is 5.86. The van der Waals surface area contributed by atoms with E-state index in [-0.39, 0.29) is 6.03 Å². The molecule has 7 nitrogen and oxygen atoms in total. The van der Waals surface area contributed by atoms with Crippen molar-refractivity contribution >= 4 is 29.0 Å². The van der Waals surface area contributed by atoms with E-state index in [0.717, 1.165) is 5.56 Å². The number of halogens is 1. The van der Waals surface area contributed by atoms with E-state index < -0.39 is 0 Å². The highest BCUT2D eigenvalue weighted by Crippen LogP contribution is 2.22. The molecule has 4 aromatic rings. The lowest BCUT2D eigenvalue weighted by molar-refractivity contribution is 0.262. The molecule has 0 fully saturated rings. The molecule has 0 radical (unpaired) electrons. The molecule has 2 aromatic carbocycles. The normalized spacial score (nSPS) is 10.6. The molecule has 28 heavy (non-hydrogen) atoms. The summed E-state index contributed by atoms with van der Waals surface area (Å²) in [5.74, 6) is 1.33. The molecule has 2 amide bonds. The molecule has 0 aliphatic heterocycles. The molecule has 2 N–H and O–H groups in total. The van der Waals surface area contributed by atoms with Crippen molar-refractivity contribution in [3.05, 3.63) is 83.4 Å². The van der Waals surface area contributed by atoms with Gasteiger partial charge in [-0.2, -0.15) is 4.98 Å². The largest absolute Gasteiger partial charge is 0.461 e. The number of nitrogens with zero attached hydrogens (tertiary/aromatic N) is 2. The van der Waals surface area contributed by atoms with Gasteiger partial charge in [0, 0.05) is 16.4 Å². The van der Waals surface area contributed by atoms with Crippen molar-refractivity contribution in [3.63, 3.8) is 0 Å². The van der Waals surface area contributed by atoms with Crippen molar-refractivity contribution in [2.45, 2.75) is 6.42 Å². The fraction of sp³-hybridized carbons (Fsp3) is 0.0500. The van der Waals surface area contributed by atoms with E-state index in [1.807, 2.05) is 18.2 Å². The fourth-order valence-electron chi connectivity index (χ4n) is 2.61. The SMILES string of the molecule is O=C(Nc1ccc(Cl)cc1)Nc1ccccc1Cc1nc(-c2ccco2)no1. The highest BCUT2D eigenvalue weighted by molar-refractivity contribution is 6.30. The van der Waals surface area contributed by atoms with Crippen LogP contribution in [-0.2, 0) is 6.42 Å². The number of furan rings is 1. The van der Waals surface area contributed by atoms with Gasteiger partial charge in [-0.05, 0) is 48.0 Å². The summed E-state index contributed by atoms with van der Waals surface area (Å²) in [6.45, 7) is 0. The Morgan fingerprint density at radius 2 is 1.82 bits per heavy atom. The van der Waals surface area contributed by atoms with E-state index in [1.165, 1.54) is 0 Å². The summed E-state index contributed by atoms with van der Waals surface area (Å²) in [7, 11) is 0. The number of urea groups is 1. The second-order valence-corrected chi connectivity index (χ2v) is 6.35. The lowest BCUT2D eigenvalue weighted by Crippen LogP contribution is -2.20. The maximum Gasteiger partial charge on any atom is 0.323 e. The molecule has 140 valence electrons. The topological polar surface area (TPSA) is 93.2 Å². The smallest absolute Gasteiger partial charge is 0.323 e. The molecule has 0 unspecified atom stereocenters. The number of nitrogens with one attached hydrogen (secondary N) is 2. The standard InChI is InChI=1S/C20H15ClN4O3/c21-14-7-9-15(10-8-14)22-20(26)23-16-5-2-1-4-13(16)12-18-24-19(25-28-18)17-6-3-11-27-17/h1-11H,12H2,(H2,22,23,26). The molecule has 8 heteroatoms. The Labute approximate surface area is 165 Å². The van der Waals surface area contributed by atoms with Gasteiger partial charge in [0.2, 0.25) is 11.7 Å². The van der Waals surface area contributed by atoms with Crippen molar-refractivity contribution in [3.8, 4) is 11.6 Å². The van der Waals surface area contributed by atoms with E-state index in [2.05, 4.69) is 20.8 Å². The lowest BCUT2D eigenvalue weighted by Gasteiger charge is -2.11. The Morgan fingerprint density at radius 1 is 1.00 bits per heavy atom. The van der Waals surface area contributed by atoms with Crippen LogP contribution in [0.5, 0.6) is 0 Å². The summed E-state index contributed by atoms with van der Waals surface area (Å²) in [6, 6.07) is 17.4. The minimum atomic E-state index is -0.364. The fourth-order valence-corrected chi connectivity index (χ4v) is 2.74. The number of hydrogen-bond acceptors (Lipinski definition) is 5. The van der Waals surface area contributed by atoms with E-state index in [1.54, 1.807) is 48.7 Å². The molecule has 0 spiro atoms. The number of carbonyl (C=O) groups is 1. The number of carbonyl (C=O) groups excluding carboxylic acids is 1. The minimum Gasteiger partial charge on any atom is -0.461 e. The third kappa shape index (κ3) is 4.21. The van der Waals surface area contributed by atoms with Crippen LogP contribution >= 0.6 is 11.6 Å². The number of para-hydroxylation sites is 1. The molecule has 0 atom stereocenters. The van der Waals surface area contributed by atoms with E-state index in [0.29, 0.717) is 40.3 Å². The van der Waals surface area contributed by atoms with Gasteiger partial charge in [0.1, 0.15) is 0 Å². The number of anilines is 2. The number of benzene rings is 2. The first kappa shape index (κ1) is 17.8. The van der Waals surface area contributed by atoms with Crippen LogP contribution in [0.1, 0.15) is 11.5 Å². The van der Waals surface area contributed by atoms with Crippen LogP contribution in [0.25, 0.3) is 11.6 Å². The van der Waals surface area contributed by atoms with Crippen molar-refractivity contribution in [2.75, 3.05) is 10.6 Å². The van der Waals surface area contributed by atoms with Gasteiger partial charge in [0.25, 0.3) is 0 Å². The number of rotatable bonds is 5. The average Bonchev–Trinajstić information content (AvgIpc) is 3.37. The molecular formula is C20H15ClN4O3. The van der Waals surface area contributed by atoms with Gasteiger partial charge >= 0.3 is 6.03 Å². The van der Waals surface area contributed by atoms with Gasteiger partial charge in [-0.15, -0.1) is 0 Å². The first-order valence-electron chi connectivity index (χ1n) is 8.45. The molecule has 4 rings (SSSR count). The average molecular weight is 395 g/mol. The second-order valence-electron chi connectivity index (χ2n) is 5.91. The van der Waals surface area contributed by atoms with Crippen molar-refractivity contribution in [1.82, 2.24) is 10.1 Å². The third-order valence-electron chi connectivity index (χ3n) is 3.92. The Hall–Kier alpha value is -3.58. The van der Waals surface area contributed by atoms with Crippen molar-refractivity contribution < 1.29 is 13.7 Å². The molecule has 0 bridgehead atoms. The van der Waals surface area contributed by atoms with Crippen LogP contribution < -0.4 is 10.6 Å². The van der Waals surface area contributed by atoms with Crippen molar-refractivity contribution in [2.24, 2.45) is 0 Å². The van der Waals surface area contributed by atoms with Gasteiger partial charge < -0.3 is 19.6 Å². The van der Waals surface area contributed by atoms with Gasteiger partial charge in [0.15, 0.2) is 5.76 Å². The molecule has 0 saturated heterocycles. The number of hydrogen-bond donors (Lipinski definition) is 2. The minimum absolute atomic E-state index is 0.364. The maximum atomic E-state index is 12.3. The lowest BCUT2D eigenvalue weighted by atomic mass is 10.1. The highest BCUT2D eigenvalue weighted by atomic mass is 35.5. The summed E-state index contributed by atoms with van der Waals surface area (Å²) in [5, 5.41) is 10.1. The Kier molecular flexibility index (Phi) is 5.07. The zero-order valence-corrected chi connectivity index (χ0v) is 15.3. The van der Waals surface area contributed by atoms with Gasteiger partial charge in [-0.25, -0.2) is 4.79 Å². The molecule has 2 aromatic heterocycles. The number of aromatic nitrogens is 2. The first-order chi connectivity index (χ1) is 13.7. The molecular weight excluding hydrogens is 380 g/mol. The van der Waals surface area contributed by atoms with Crippen molar-refractivity contribution in [1.29, 1.82) is 0 Å². The molecule has 0 saturated carbocycles. The molecule has 2 heterocycles. The highest BCUT2D eigenvalue weighted by Gasteiger charge is 2.14. The third-order valence-corrected chi connectivity index (χ3v) is 4.17. The van der Waals surface area contributed by atoms with Crippen LogP contribution in [0.4, 0.5) is 16.2 Å². The molecule has 0 aliphatic rings. The van der Waals surface area contributed by atoms with Gasteiger partial charge in [-0.1, -0.05) is 35.0 Å². The Bertz CT molecular complexity index is 1080. The van der Waals surface area contributed by atoms with Gasteiger partial charge in [0.05, 0.1) is 12.7 Å². The van der Waals surface area contributed by atoms with E-state index in [9.17, 15) is 4.79 Å². The summed E-state index contributed by atoms with van der Waals surface area (Å²) in [4.78, 5) is 16.6. The molecule has 0 aliphatic carbocycles. The maximum absolute atomic E-state index is 12.3. The van der Waals surface area contributed by atoms with Crippen LogP contribution in [0.2, 0.25) is 5.02 Å². The Balaban J connectivity index is 1.46. The van der Waals surface area contributed by atoms with Crippen LogP contribution in [-0.4, -0.2) is 16.2 Å². The predicted molar refractivity (Wildman–Crippen MR) is 105 cm³/mol. The van der Waals surface area contributed by atoms with Crippen LogP contribution in [0.3, 0.4) is 0 Å². The first-order valence-corrected chi connectivity index (χ1v) is 8.83. The zero-order valence-electron chi connectivity index (χ0n) is 14.6.